The number of amides is 1. The molecule has 1 amide bonds. The number of primary amides is 1. The minimum atomic E-state index is -2.58. The SMILES string of the molecule is CCCCCc1ccc(OC)c(-c2ccc(O)c3c2C[C@H]2C[C@H]4CC(=O)C(C(N)=O)=C(O)[C@@]4(O)C(=O)C2=C3O)c1. The molecule has 1 fully saturated rings. The van der Waals surface area contributed by atoms with Crippen LogP contribution in [0.4, 0.5) is 0 Å². The van der Waals surface area contributed by atoms with E-state index in [0.717, 1.165) is 42.4 Å². The third-order valence-electron chi connectivity index (χ3n) is 8.57. The summed E-state index contributed by atoms with van der Waals surface area (Å²) < 4.78 is 5.66. The van der Waals surface area contributed by atoms with Gasteiger partial charge in [0, 0.05) is 23.5 Å². The largest absolute Gasteiger partial charge is 0.508 e. The van der Waals surface area contributed by atoms with Gasteiger partial charge >= 0.3 is 0 Å². The number of phenols is 1. The van der Waals surface area contributed by atoms with E-state index in [9.17, 15) is 34.8 Å². The maximum atomic E-state index is 13.7. The predicted molar refractivity (Wildman–Crippen MR) is 147 cm³/mol. The number of fused-ring (bicyclic) bond motifs is 3. The molecule has 2 aromatic carbocycles. The Morgan fingerprint density at radius 2 is 1.82 bits per heavy atom. The number of aromatic hydroxyl groups is 1. The van der Waals surface area contributed by atoms with Crippen LogP contribution in [0.15, 0.2) is 47.2 Å². The maximum absolute atomic E-state index is 13.7. The van der Waals surface area contributed by atoms with Gasteiger partial charge in [-0.05, 0) is 66.5 Å². The van der Waals surface area contributed by atoms with Crippen molar-refractivity contribution >= 4 is 23.2 Å². The molecule has 5 rings (SSSR count). The summed E-state index contributed by atoms with van der Waals surface area (Å²) in [6, 6.07) is 9.13. The molecule has 3 aliphatic rings. The average Bonchev–Trinajstić information content (AvgIpc) is 2.91. The number of hydrogen-bond donors (Lipinski definition) is 5. The molecule has 0 heterocycles. The van der Waals surface area contributed by atoms with Gasteiger partial charge in [0.1, 0.15) is 28.6 Å². The first-order valence-electron chi connectivity index (χ1n) is 13.5. The van der Waals surface area contributed by atoms with Crippen molar-refractivity contribution in [2.45, 2.75) is 57.5 Å². The van der Waals surface area contributed by atoms with E-state index >= 15 is 0 Å². The van der Waals surface area contributed by atoms with Crippen LogP contribution < -0.4 is 10.5 Å². The molecule has 3 atom stereocenters. The van der Waals surface area contributed by atoms with Gasteiger partial charge in [0.05, 0.1) is 12.7 Å². The molecule has 0 saturated heterocycles. The lowest BCUT2D eigenvalue weighted by atomic mass is 9.59. The first kappa shape index (κ1) is 27.5. The van der Waals surface area contributed by atoms with Gasteiger partial charge < -0.3 is 30.9 Å². The van der Waals surface area contributed by atoms with Crippen molar-refractivity contribution in [3.63, 3.8) is 0 Å². The number of benzene rings is 2. The standard InChI is InChI=1S/C31H33NO8/c1-3-4-5-6-15-7-10-23(40-2)19(11-15)18-8-9-21(33)25-20(18)13-16-12-17-14-22(34)26(30(32)38)29(37)31(17,39)28(36)24(16)27(25)35/h7-11,16-17,33,35,37,39H,3-6,12-14H2,1-2H3,(H2,32,38)/t16-,17+,31+/m1/s1. The minimum Gasteiger partial charge on any atom is -0.508 e. The summed E-state index contributed by atoms with van der Waals surface area (Å²) in [6.07, 6.45) is 4.07. The first-order valence-corrected chi connectivity index (χ1v) is 13.5. The predicted octanol–water partition coefficient (Wildman–Crippen LogP) is 3.83. The number of Topliss-reactive ketones (excluding diaryl/α,β-unsaturated/α-hetero) is 2. The summed E-state index contributed by atoms with van der Waals surface area (Å²) in [7, 11) is 1.57. The van der Waals surface area contributed by atoms with E-state index in [1.165, 1.54) is 6.07 Å². The molecule has 9 nitrogen and oxygen atoms in total. The van der Waals surface area contributed by atoms with Gasteiger partial charge in [-0.15, -0.1) is 0 Å². The fourth-order valence-corrected chi connectivity index (χ4v) is 6.57. The fourth-order valence-electron chi connectivity index (χ4n) is 6.57. The smallest absolute Gasteiger partial charge is 0.255 e. The van der Waals surface area contributed by atoms with E-state index in [-0.39, 0.29) is 36.1 Å². The van der Waals surface area contributed by atoms with Gasteiger partial charge in [-0.3, -0.25) is 14.4 Å². The molecule has 0 spiro atoms. The third kappa shape index (κ3) is 4.07. The lowest BCUT2D eigenvalue weighted by molar-refractivity contribution is -0.147. The highest BCUT2D eigenvalue weighted by atomic mass is 16.5. The summed E-state index contributed by atoms with van der Waals surface area (Å²) in [5, 5.41) is 44.4. The van der Waals surface area contributed by atoms with Crippen LogP contribution in [0, 0.1) is 11.8 Å². The molecule has 1 saturated carbocycles. The van der Waals surface area contributed by atoms with Crippen molar-refractivity contribution < 1.29 is 39.5 Å². The average molecular weight is 548 g/mol. The zero-order valence-electron chi connectivity index (χ0n) is 22.5. The number of hydrogen-bond acceptors (Lipinski definition) is 8. The summed E-state index contributed by atoms with van der Waals surface area (Å²) in [4.78, 5) is 38.2. The quantitative estimate of drug-likeness (QED) is 0.257. The van der Waals surface area contributed by atoms with Crippen LogP contribution in [0.3, 0.4) is 0 Å². The van der Waals surface area contributed by atoms with E-state index in [4.69, 9.17) is 10.5 Å². The summed E-state index contributed by atoms with van der Waals surface area (Å²) >= 11 is 0. The molecule has 2 aromatic rings. The second kappa shape index (κ2) is 10.1. The Morgan fingerprint density at radius 3 is 2.50 bits per heavy atom. The molecule has 40 heavy (non-hydrogen) atoms. The highest BCUT2D eigenvalue weighted by Gasteiger charge is 2.60. The third-order valence-corrected chi connectivity index (χ3v) is 8.57. The number of unbranched alkanes of at least 4 members (excludes halogenated alkanes) is 2. The number of nitrogens with two attached hydrogens (primary N) is 1. The number of ketones is 2. The van der Waals surface area contributed by atoms with E-state index in [1.807, 2.05) is 18.2 Å². The van der Waals surface area contributed by atoms with Crippen LogP contribution in [0.25, 0.3) is 16.9 Å². The van der Waals surface area contributed by atoms with Crippen LogP contribution in [0.5, 0.6) is 11.5 Å². The molecule has 6 N–H and O–H groups in total. The number of aliphatic hydroxyl groups excluding tert-OH is 2. The molecule has 0 bridgehead atoms. The molecule has 9 heteroatoms. The lowest BCUT2D eigenvalue weighted by Gasteiger charge is -2.46. The Balaban J connectivity index is 1.66. The summed E-state index contributed by atoms with van der Waals surface area (Å²) in [6.45, 7) is 2.14. The van der Waals surface area contributed by atoms with Crippen molar-refractivity contribution in [2.24, 2.45) is 17.6 Å². The number of methoxy groups -OCH3 is 1. The van der Waals surface area contributed by atoms with Crippen molar-refractivity contribution in [3.8, 4) is 22.6 Å². The highest BCUT2D eigenvalue weighted by molar-refractivity contribution is 6.22. The number of aryl methyl sites for hydroxylation is 1. The Labute approximate surface area is 231 Å². The van der Waals surface area contributed by atoms with E-state index in [1.54, 1.807) is 13.2 Å². The fraction of sp³-hybridized carbons (Fsp3) is 0.387. The monoisotopic (exact) mass is 547 g/mol. The number of ether oxygens (including phenoxy) is 1. The number of phenolic OH excluding ortho intramolecular Hbond substituents is 1. The topological polar surface area (TPSA) is 167 Å². The van der Waals surface area contributed by atoms with Crippen LogP contribution in [-0.4, -0.2) is 50.6 Å². The molecule has 0 unspecified atom stereocenters. The van der Waals surface area contributed by atoms with Gasteiger partial charge in [-0.1, -0.05) is 31.9 Å². The van der Waals surface area contributed by atoms with Crippen LogP contribution >= 0.6 is 0 Å². The van der Waals surface area contributed by atoms with Crippen LogP contribution in [-0.2, 0) is 27.2 Å². The second-order valence-corrected chi connectivity index (χ2v) is 10.9. The van der Waals surface area contributed by atoms with Crippen molar-refractivity contribution in [2.75, 3.05) is 7.11 Å². The number of rotatable bonds is 7. The van der Waals surface area contributed by atoms with Crippen LogP contribution in [0.2, 0.25) is 0 Å². The van der Waals surface area contributed by atoms with E-state index in [2.05, 4.69) is 6.92 Å². The number of carbonyl (C=O) groups is 3. The molecule has 210 valence electrons. The Kier molecular flexibility index (Phi) is 6.95. The second-order valence-electron chi connectivity index (χ2n) is 10.9. The summed E-state index contributed by atoms with van der Waals surface area (Å²) in [5.74, 6) is -5.87. The zero-order chi connectivity index (χ0) is 28.9. The maximum Gasteiger partial charge on any atom is 0.255 e. The molecular weight excluding hydrogens is 514 g/mol. The van der Waals surface area contributed by atoms with Crippen molar-refractivity contribution in [3.05, 3.63) is 63.9 Å². The molecule has 0 radical (unpaired) electrons. The highest BCUT2D eigenvalue weighted by Crippen LogP contribution is 2.53. The number of carbonyl (C=O) groups excluding carboxylic acids is 3. The van der Waals surface area contributed by atoms with Gasteiger partial charge in [0.2, 0.25) is 5.78 Å². The van der Waals surface area contributed by atoms with Gasteiger partial charge in [-0.2, -0.15) is 0 Å². The Bertz CT molecular complexity index is 1500. The van der Waals surface area contributed by atoms with Gasteiger partial charge in [0.25, 0.3) is 5.91 Å². The van der Waals surface area contributed by atoms with Gasteiger partial charge in [0.15, 0.2) is 11.4 Å². The molecule has 0 aliphatic heterocycles. The Hall–Kier alpha value is -4.11. The van der Waals surface area contributed by atoms with E-state index < -0.39 is 52.0 Å². The molecule has 0 aromatic heterocycles. The van der Waals surface area contributed by atoms with Crippen molar-refractivity contribution in [1.29, 1.82) is 0 Å². The Morgan fingerprint density at radius 1 is 1.07 bits per heavy atom. The normalized spacial score (nSPS) is 24.0. The van der Waals surface area contributed by atoms with Crippen molar-refractivity contribution in [1.82, 2.24) is 0 Å². The lowest BCUT2D eigenvalue weighted by Crippen LogP contribution is -2.58. The first-order chi connectivity index (χ1) is 19.0. The minimum absolute atomic E-state index is 0.0584. The van der Waals surface area contributed by atoms with E-state index in [0.29, 0.717) is 11.3 Å². The number of aliphatic hydroxyl groups is 3. The molecular formula is C31H33NO8. The van der Waals surface area contributed by atoms with Gasteiger partial charge in [-0.25, -0.2) is 0 Å². The molecule has 3 aliphatic carbocycles. The summed E-state index contributed by atoms with van der Waals surface area (Å²) in [5.41, 5.74) is 4.98. The van der Waals surface area contributed by atoms with Crippen LogP contribution in [0.1, 0.15) is 55.7 Å². The zero-order valence-corrected chi connectivity index (χ0v) is 22.5.